The number of ether oxygens (including phenoxy) is 1. The summed E-state index contributed by atoms with van der Waals surface area (Å²) >= 11 is 5.44. The second-order valence-corrected chi connectivity index (χ2v) is 4.60. The number of halogens is 1. The maximum absolute atomic E-state index is 11.2. The van der Waals surface area contributed by atoms with Crippen LogP contribution in [0.15, 0.2) is 0 Å². The predicted octanol–water partition coefficient (Wildman–Crippen LogP) is 2.76. The normalized spacial score (nSPS) is 13.0. The monoisotopic (exact) mass is 234 g/mol. The quantitative estimate of drug-likeness (QED) is 0.524. The van der Waals surface area contributed by atoms with E-state index in [-0.39, 0.29) is 35.6 Å². The molecule has 1 unspecified atom stereocenters. The summed E-state index contributed by atoms with van der Waals surface area (Å²) in [4.78, 5) is 22.3. The van der Waals surface area contributed by atoms with Crippen molar-refractivity contribution in [3.8, 4) is 0 Å². The van der Waals surface area contributed by atoms with Gasteiger partial charge in [-0.05, 0) is 37.8 Å². The third kappa shape index (κ3) is 6.50. The third-order valence-corrected chi connectivity index (χ3v) is 2.40. The molecular formula is C11H19ClO3. The van der Waals surface area contributed by atoms with Crippen LogP contribution in [0.3, 0.4) is 0 Å². The van der Waals surface area contributed by atoms with Gasteiger partial charge in [-0.2, -0.15) is 0 Å². The molecule has 0 aliphatic rings. The first-order valence-electron chi connectivity index (χ1n) is 5.23. The van der Waals surface area contributed by atoms with Crippen LogP contribution in [0.5, 0.6) is 0 Å². The summed E-state index contributed by atoms with van der Waals surface area (Å²) in [5.74, 6) is -0.373. The number of carbonyl (C=O) groups is 2. The third-order valence-electron chi connectivity index (χ3n) is 2.12. The summed E-state index contributed by atoms with van der Waals surface area (Å²) < 4.78 is 4.97. The molecule has 15 heavy (non-hydrogen) atoms. The first-order chi connectivity index (χ1) is 6.84. The fourth-order valence-electron chi connectivity index (χ4n) is 1.30. The second kappa shape index (κ2) is 6.83. The van der Waals surface area contributed by atoms with Crippen molar-refractivity contribution < 1.29 is 14.3 Å². The summed E-state index contributed by atoms with van der Waals surface area (Å²) in [7, 11) is 0. The van der Waals surface area contributed by atoms with E-state index < -0.39 is 0 Å². The van der Waals surface area contributed by atoms with Gasteiger partial charge in [0.15, 0.2) is 0 Å². The van der Waals surface area contributed by atoms with Crippen molar-refractivity contribution >= 4 is 22.8 Å². The van der Waals surface area contributed by atoms with Gasteiger partial charge in [0.25, 0.3) is 0 Å². The summed E-state index contributed by atoms with van der Waals surface area (Å²) in [6.07, 6.45) is 0.604. The van der Waals surface area contributed by atoms with Crippen LogP contribution < -0.4 is 0 Å². The number of rotatable bonds is 6. The van der Waals surface area contributed by atoms with E-state index in [2.05, 4.69) is 0 Å². The zero-order chi connectivity index (χ0) is 12.0. The lowest BCUT2D eigenvalue weighted by Crippen LogP contribution is -2.19. The van der Waals surface area contributed by atoms with Gasteiger partial charge in [-0.15, -0.1) is 0 Å². The molecule has 0 aliphatic carbocycles. The van der Waals surface area contributed by atoms with Crippen LogP contribution in [0.4, 0.5) is 0 Å². The molecule has 88 valence electrons. The molecule has 0 amide bonds. The average Bonchev–Trinajstić information content (AvgIpc) is 2.00. The van der Waals surface area contributed by atoms with Crippen molar-refractivity contribution in [3.63, 3.8) is 0 Å². The highest BCUT2D eigenvalue weighted by Crippen LogP contribution is 2.20. The van der Waals surface area contributed by atoms with Crippen LogP contribution in [0.25, 0.3) is 0 Å². The van der Waals surface area contributed by atoms with Gasteiger partial charge in [0.2, 0.25) is 5.24 Å². The number of hydrogen-bond acceptors (Lipinski definition) is 3. The van der Waals surface area contributed by atoms with Gasteiger partial charge in [-0.3, -0.25) is 9.59 Å². The number of esters is 1. The Labute approximate surface area is 96.1 Å². The highest BCUT2D eigenvalue weighted by atomic mass is 35.5. The molecular weight excluding hydrogens is 216 g/mol. The molecule has 0 aromatic rings. The Morgan fingerprint density at radius 2 is 1.73 bits per heavy atom. The first-order valence-corrected chi connectivity index (χ1v) is 5.61. The maximum atomic E-state index is 11.2. The van der Waals surface area contributed by atoms with E-state index in [0.717, 1.165) is 0 Å². The molecule has 0 spiro atoms. The number of carbonyl (C=O) groups excluding carboxylic acids is 2. The molecule has 0 N–H and O–H groups in total. The van der Waals surface area contributed by atoms with Gasteiger partial charge >= 0.3 is 5.97 Å². The van der Waals surface area contributed by atoms with Crippen LogP contribution in [0.2, 0.25) is 0 Å². The maximum Gasteiger partial charge on any atom is 0.306 e. The van der Waals surface area contributed by atoms with Gasteiger partial charge in [-0.1, -0.05) is 13.8 Å². The standard InChI is InChI=1S/C11H19ClO3/c1-7(2)9(11(12)14)5-6-10(13)15-8(3)4/h7-9H,5-6H2,1-4H3. The van der Waals surface area contributed by atoms with Gasteiger partial charge in [0, 0.05) is 12.3 Å². The fraction of sp³-hybridized carbons (Fsp3) is 0.818. The molecule has 0 saturated carbocycles. The van der Waals surface area contributed by atoms with Crippen molar-refractivity contribution in [3.05, 3.63) is 0 Å². The molecule has 3 nitrogen and oxygen atoms in total. The predicted molar refractivity (Wildman–Crippen MR) is 59.7 cm³/mol. The zero-order valence-electron chi connectivity index (χ0n) is 9.75. The molecule has 4 heteroatoms. The highest BCUT2D eigenvalue weighted by Gasteiger charge is 2.21. The summed E-state index contributed by atoms with van der Waals surface area (Å²) in [6.45, 7) is 7.42. The van der Waals surface area contributed by atoms with E-state index in [4.69, 9.17) is 16.3 Å². The van der Waals surface area contributed by atoms with E-state index in [1.807, 2.05) is 13.8 Å². The first kappa shape index (κ1) is 14.4. The van der Waals surface area contributed by atoms with Crippen molar-refractivity contribution in [1.29, 1.82) is 0 Å². The summed E-state index contributed by atoms with van der Waals surface area (Å²) in [5, 5.41) is -0.373. The van der Waals surface area contributed by atoms with Crippen LogP contribution >= 0.6 is 11.6 Å². The molecule has 0 fully saturated rings. The minimum Gasteiger partial charge on any atom is -0.463 e. The molecule has 0 aliphatic heterocycles. The van der Waals surface area contributed by atoms with E-state index in [0.29, 0.717) is 6.42 Å². The van der Waals surface area contributed by atoms with Crippen molar-refractivity contribution in [2.75, 3.05) is 0 Å². The smallest absolute Gasteiger partial charge is 0.306 e. The van der Waals surface area contributed by atoms with Gasteiger partial charge in [-0.25, -0.2) is 0 Å². The molecule has 0 radical (unpaired) electrons. The average molecular weight is 235 g/mol. The van der Waals surface area contributed by atoms with Crippen LogP contribution in [0.1, 0.15) is 40.5 Å². The van der Waals surface area contributed by atoms with Crippen molar-refractivity contribution in [2.45, 2.75) is 46.6 Å². The SMILES string of the molecule is CC(C)OC(=O)CCC(C(=O)Cl)C(C)C. The van der Waals surface area contributed by atoms with E-state index in [1.54, 1.807) is 13.8 Å². The Morgan fingerprint density at radius 3 is 2.07 bits per heavy atom. The van der Waals surface area contributed by atoms with E-state index in [9.17, 15) is 9.59 Å². The lowest BCUT2D eigenvalue weighted by Gasteiger charge is -2.16. The van der Waals surface area contributed by atoms with Gasteiger partial charge in [0.05, 0.1) is 6.10 Å². The fourth-order valence-corrected chi connectivity index (χ4v) is 1.67. The lowest BCUT2D eigenvalue weighted by molar-refractivity contribution is -0.147. The topological polar surface area (TPSA) is 43.4 Å². The molecule has 0 rings (SSSR count). The Hall–Kier alpha value is -0.570. The van der Waals surface area contributed by atoms with E-state index >= 15 is 0 Å². The largest absolute Gasteiger partial charge is 0.463 e. The minimum atomic E-state index is -0.373. The zero-order valence-corrected chi connectivity index (χ0v) is 10.5. The summed E-state index contributed by atoms with van der Waals surface area (Å²) in [5.41, 5.74) is 0. The van der Waals surface area contributed by atoms with Crippen molar-refractivity contribution in [1.82, 2.24) is 0 Å². The van der Waals surface area contributed by atoms with Crippen LogP contribution in [-0.4, -0.2) is 17.3 Å². The Morgan fingerprint density at radius 1 is 1.20 bits per heavy atom. The second-order valence-electron chi connectivity index (χ2n) is 4.23. The Kier molecular flexibility index (Phi) is 6.57. The van der Waals surface area contributed by atoms with Gasteiger partial charge < -0.3 is 4.74 Å². The van der Waals surface area contributed by atoms with Gasteiger partial charge in [0.1, 0.15) is 0 Å². The molecule has 1 atom stereocenters. The molecule has 0 aromatic heterocycles. The van der Waals surface area contributed by atoms with E-state index in [1.165, 1.54) is 0 Å². The van der Waals surface area contributed by atoms with Crippen LogP contribution in [-0.2, 0) is 14.3 Å². The molecule has 0 heterocycles. The highest BCUT2D eigenvalue weighted by molar-refractivity contribution is 6.64. The number of hydrogen-bond donors (Lipinski definition) is 0. The lowest BCUT2D eigenvalue weighted by atomic mass is 9.92. The van der Waals surface area contributed by atoms with Crippen molar-refractivity contribution in [2.24, 2.45) is 11.8 Å². The Bertz CT molecular complexity index is 224. The molecule has 0 aromatic carbocycles. The molecule has 0 bridgehead atoms. The van der Waals surface area contributed by atoms with Crippen LogP contribution in [0, 0.1) is 11.8 Å². The summed E-state index contributed by atoms with van der Waals surface area (Å²) in [6, 6.07) is 0. The Balaban J connectivity index is 4.00. The minimum absolute atomic E-state index is 0.110. The molecule has 0 saturated heterocycles.